The molecular formula is C10H18N2O3S. The number of sulfonamides is 1. The number of rotatable bonds is 2. The fourth-order valence-electron chi connectivity index (χ4n) is 1.59. The molecular weight excluding hydrogens is 228 g/mol. The van der Waals surface area contributed by atoms with E-state index in [1.807, 2.05) is 26.8 Å². The van der Waals surface area contributed by atoms with Crippen molar-refractivity contribution in [3.8, 4) is 6.07 Å². The van der Waals surface area contributed by atoms with E-state index in [1.54, 1.807) is 0 Å². The zero-order valence-corrected chi connectivity index (χ0v) is 10.7. The number of nitriles is 1. The van der Waals surface area contributed by atoms with Gasteiger partial charge in [0, 0.05) is 6.54 Å². The van der Waals surface area contributed by atoms with Crippen molar-refractivity contribution in [2.45, 2.75) is 26.9 Å². The van der Waals surface area contributed by atoms with E-state index in [0.717, 1.165) is 0 Å². The van der Waals surface area contributed by atoms with Crippen LogP contribution in [0.3, 0.4) is 0 Å². The summed E-state index contributed by atoms with van der Waals surface area (Å²) in [5, 5.41) is 8.71. The van der Waals surface area contributed by atoms with Gasteiger partial charge in [-0.05, 0) is 5.41 Å². The lowest BCUT2D eigenvalue weighted by atomic mass is 10.0. The average molecular weight is 246 g/mol. The van der Waals surface area contributed by atoms with Gasteiger partial charge in [0.15, 0.2) is 6.10 Å². The number of ether oxygens (including phenoxy) is 1. The summed E-state index contributed by atoms with van der Waals surface area (Å²) in [6.07, 6.45) is -0.636. The van der Waals surface area contributed by atoms with Gasteiger partial charge in [0.2, 0.25) is 10.0 Å². The minimum Gasteiger partial charge on any atom is -0.361 e. The third-order valence-corrected chi connectivity index (χ3v) is 4.53. The Morgan fingerprint density at radius 2 is 2.12 bits per heavy atom. The molecule has 1 unspecified atom stereocenters. The first-order chi connectivity index (χ1) is 7.24. The Bertz CT molecular complexity index is 378. The van der Waals surface area contributed by atoms with Gasteiger partial charge in [0.1, 0.15) is 0 Å². The molecule has 0 aromatic carbocycles. The second-order valence-electron chi connectivity index (χ2n) is 5.16. The van der Waals surface area contributed by atoms with Crippen LogP contribution >= 0.6 is 0 Å². The summed E-state index contributed by atoms with van der Waals surface area (Å²) in [4.78, 5) is 0. The number of hydrogen-bond acceptors (Lipinski definition) is 4. The molecule has 0 N–H and O–H groups in total. The molecule has 1 saturated heterocycles. The van der Waals surface area contributed by atoms with Crippen LogP contribution in [0.15, 0.2) is 0 Å². The summed E-state index contributed by atoms with van der Waals surface area (Å²) >= 11 is 0. The molecule has 0 aromatic rings. The Morgan fingerprint density at radius 1 is 1.50 bits per heavy atom. The highest BCUT2D eigenvalue weighted by Crippen LogP contribution is 2.20. The topological polar surface area (TPSA) is 70.4 Å². The fraction of sp³-hybridized carbons (Fsp3) is 0.900. The molecule has 92 valence electrons. The van der Waals surface area contributed by atoms with Gasteiger partial charge in [0.05, 0.1) is 25.0 Å². The van der Waals surface area contributed by atoms with Gasteiger partial charge >= 0.3 is 0 Å². The van der Waals surface area contributed by atoms with Gasteiger partial charge in [-0.15, -0.1) is 0 Å². The SMILES string of the molecule is CC(C)(C)CS(=O)(=O)N1CCOC(C#N)C1. The Hall–Kier alpha value is -0.640. The average Bonchev–Trinajstić information content (AvgIpc) is 2.14. The summed E-state index contributed by atoms with van der Waals surface area (Å²) in [6.45, 7) is 6.43. The first kappa shape index (κ1) is 13.4. The fourth-order valence-corrected chi connectivity index (χ4v) is 3.59. The van der Waals surface area contributed by atoms with Crippen LogP contribution in [0, 0.1) is 16.7 Å². The lowest BCUT2D eigenvalue weighted by Crippen LogP contribution is -2.47. The van der Waals surface area contributed by atoms with Crippen LogP contribution < -0.4 is 0 Å². The molecule has 0 saturated carbocycles. The zero-order chi connectivity index (χ0) is 12.4. The molecule has 1 heterocycles. The van der Waals surface area contributed by atoms with E-state index in [9.17, 15) is 8.42 Å². The summed E-state index contributed by atoms with van der Waals surface area (Å²) in [7, 11) is -3.28. The van der Waals surface area contributed by atoms with Crippen LogP contribution in [-0.4, -0.2) is 44.3 Å². The highest BCUT2D eigenvalue weighted by molar-refractivity contribution is 7.89. The van der Waals surface area contributed by atoms with E-state index in [1.165, 1.54) is 4.31 Å². The normalized spacial score (nSPS) is 24.0. The summed E-state index contributed by atoms with van der Waals surface area (Å²) in [5.74, 6) is 0.0954. The van der Waals surface area contributed by atoms with Gasteiger partial charge in [0.25, 0.3) is 0 Å². The molecule has 0 spiro atoms. The van der Waals surface area contributed by atoms with Crippen LogP contribution in [0.4, 0.5) is 0 Å². The first-order valence-corrected chi connectivity index (χ1v) is 6.84. The van der Waals surface area contributed by atoms with Gasteiger partial charge in [-0.1, -0.05) is 20.8 Å². The number of nitrogens with zero attached hydrogens (tertiary/aromatic N) is 2. The molecule has 0 radical (unpaired) electrons. The number of morpholine rings is 1. The standard InChI is InChI=1S/C10H18N2O3S/c1-10(2,3)8-16(13,14)12-4-5-15-9(6-11)7-12/h9H,4-5,7-8H2,1-3H3. The molecule has 0 bridgehead atoms. The van der Waals surface area contributed by atoms with Crippen molar-refractivity contribution in [3.05, 3.63) is 0 Å². The van der Waals surface area contributed by atoms with E-state index in [2.05, 4.69) is 0 Å². The predicted molar refractivity (Wildman–Crippen MR) is 60.2 cm³/mol. The van der Waals surface area contributed by atoms with Crippen LogP contribution in [0.5, 0.6) is 0 Å². The summed E-state index contributed by atoms with van der Waals surface area (Å²) in [5.41, 5.74) is -0.278. The van der Waals surface area contributed by atoms with E-state index in [-0.39, 0.29) is 17.7 Å². The highest BCUT2D eigenvalue weighted by Gasteiger charge is 2.32. The molecule has 1 rings (SSSR count). The van der Waals surface area contributed by atoms with Crippen molar-refractivity contribution >= 4 is 10.0 Å². The van der Waals surface area contributed by atoms with Crippen molar-refractivity contribution in [3.63, 3.8) is 0 Å². The van der Waals surface area contributed by atoms with Crippen LogP contribution in [0.2, 0.25) is 0 Å². The lowest BCUT2D eigenvalue weighted by molar-refractivity contribution is 0.0309. The van der Waals surface area contributed by atoms with Crippen LogP contribution in [0.1, 0.15) is 20.8 Å². The van der Waals surface area contributed by atoms with E-state index in [0.29, 0.717) is 13.2 Å². The van der Waals surface area contributed by atoms with E-state index in [4.69, 9.17) is 10.00 Å². The Balaban J connectivity index is 2.73. The first-order valence-electron chi connectivity index (χ1n) is 5.24. The third-order valence-electron chi connectivity index (χ3n) is 2.18. The minimum absolute atomic E-state index is 0.0954. The summed E-state index contributed by atoms with van der Waals surface area (Å²) in [6, 6.07) is 1.94. The molecule has 0 aromatic heterocycles. The zero-order valence-electron chi connectivity index (χ0n) is 9.93. The Kier molecular flexibility index (Phi) is 3.94. The minimum atomic E-state index is -3.28. The van der Waals surface area contributed by atoms with Gasteiger partial charge in [-0.2, -0.15) is 9.57 Å². The van der Waals surface area contributed by atoms with Crippen LogP contribution in [-0.2, 0) is 14.8 Å². The number of hydrogen-bond donors (Lipinski definition) is 0. The smallest absolute Gasteiger partial charge is 0.214 e. The molecule has 5 nitrogen and oxygen atoms in total. The molecule has 1 fully saturated rings. The molecule has 0 amide bonds. The van der Waals surface area contributed by atoms with Crippen molar-refractivity contribution < 1.29 is 13.2 Å². The maximum Gasteiger partial charge on any atom is 0.214 e. The van der Waals surface area contributed by atoms with E-state index < -0.39 is 16.1 Å². The molecule has 16 heavy (non-hydrogen) atoms. The molecule has 6 heteroatoms. The van der Waals surface area contributed by atoms with Crippen molar-refractivity contribution in [2.24, 2.45) is 5.41 Å². The van der Waals surface area contributed by atoms with Crippen LogP contribution in [0.25, 0.3) is 0 Å². The Labute approximate surface area is 97.0 Å². The third kappa shape index (κ3) is 3.74. The molecule has 1 aliphatic heterocycles. The van der Waals surface area contributed by atoms with Gasteiger partial charge in [-0.3, -0.25) is 0 Å². The van der Waals surface area contributed by atoms with Gasteiger partial charge < -0.3 is 4.74 Å². The lowest BCUT2D eigenvalue weighted by Gasteiger charge is -2.31. The van der Waals surface area contributed by atoms with E-state index >= 15 is 0 Å². The molecule has 1 aliphatic rings. The maximum atomic E-state index is 12.0. The maximum absolute atomic E-state index is 12.0. The van der Waals surface area contributed by atoms with Gasteiger partial charge in [-0.25, -0.2) is 8.42 Å². The monoisotopic (exact) mass is 246 g/mol. The van der Waals surface area contributed by atoms with Crippen molar-refractivity contribution in [2.75, 3.05) is 25.4 Å². The molecule has 0 aliphatic carbocycles. The second-order valence-corrected chi connectivity index (χ2v) is 7.13. The predicted octanol–water partition coefficient (Wildman–Crippen LogP) is 0.587. The van der Waals surface area contributed by atoms with Crippen molar-refractivity contribution in [1.29, 1.82) is 5.26 Å². The quantitative estimate of drug-likeness (QED) is 0.715. The molecule has 1 atom stereocenters. The summed E-state index contributed by atoms with van der Waals surface area (Å²) < 4.78 is 30.5. The second kappa shape index (κ2) is 4.70. The van der Waals surface area contributed by atoms with Crippen molar-refractivity contribution in [1.82, 2.24) is 4.31 Å². The largest absolute Gasteiger partial charge is 0.361 e. The Morgan fingerprint density at radius 3 is 2.62 bits per heavy atom. The highest BCUT2D eigenvalue weighted by atomic mass is 32.2.